The van der Waals surface area contributed by atoms with Crippen molar-refractivity contribution in [2.75, 3.05) is 31.6 Å². The summed E-state index contributed by atoms with van der Waals surface area (Å²) in [4.78, 5) is 31.5. The van der Waals surface area contributed by atoms with E-state index in [1.807, 2.05) is 17.0 Å². The molecule has 0 saturated carbocycles. The molecule has 0 aliphatic carbocycles. The Morgan fingerprint density at radius 1 is 1.10 bits per heavy atom. The number of piperidine rings is 2. The van der Waals surface area contributed by atoms with Gasteiger partial charge in [0.05, 0.1) is 19.6 Å². The first kappa shape index (κ1) is 18.9. The second kappa shape index (κ2) is 7.63. The number of carbonyl (C=O) groups is 2. The first-order valence-corrected chi connectivity index (χ1v) is 11.1. The van der Waals surface area contributed by atoms with Gasteiger partial charge in [0.2, 0.25) is 5.91 Å². The molecule has 29 heavy (non-hydrogen) atoms. The number of hydrogen-bond acceptors (Lipinski definition) is 4. The van der Waals surface area contributed by atoms with Crippen LogP contribution in [0.3, 0.4) is 0 Å². The molecule has 156 valence electrons. The lowest BCUT2D eigenvalue weighted by Gasteiger charge is -2.48. The minimum Gasteiger partial charge on any atom is -0.453 e. The summed E-state index contributed by atoms with van der Waals surface area (Å²) in [5.41, 5.74) is 2.28. The quantitative estimate of drug-likeness (QED) is 0.787. The molecule has 4 aliphatic rings. The van der Waals surface area contributed by atoms with Gasteiger partial charge in [-0.3, -0.25) is 4.79 Å². The van der Waals surface area contributed by atoms with Crippen LogP contribution in [0, 0.1) is 5.92 Å². The van der Waals surface area contributed by atoms with E-state index in [2.05, 4.69) is 21.9 Å². The molecule has 1 aromatic carbocycles. The molecule has 2 amide bonds. The van der Waals surface area contributed by atoms with Crippen molar-refractivity contribution in [3.05, 3.63) is 29.8 Å². The largest absolute Gasteiger partial charge is 0.453 e. The third-order valence-corrected chi connectivity index (χ3v) is 7.45. The molecular formula is C23H31N3O3. The fraction of sp³-hybridized carbons (Fsp3) is 0.652. The van der Waals surface area contributed by atoms with Crippen LogP contribution >= 0.6 is 0 Å². The van der Waals surface area contributed by atoms with Crippen LogP contribution in [0.15, 0.2) is 24.3 Å². The van der Waals surface area contributed by atoms with E-state index in [4.69, 9.17) is 4.74 Å². The molecule has 6 heteroatoms. The Bertz CT molecular complexity index is 783. The number of ether oxygens (including phenoxy) is 1. The van der Waals surface area contributed by atoms with Gasteiger partial charge in [-0.15, -0.1) is 0 Å². The van der Waals surface area contributed by atoms with Crippen molar-refractivity contribution >= 4 is 17.7 Å². The van der Waals surface area contributed by atoms with Gasteiger partial charge in [-0.1, -0.05) is 18.2 Å². The topological polar surface area (TPSA) is 53.1 Å². The van der Waals surface area contributed by atoms with E-state index in [1.165, 1.54) is 19.1 Å². The Balaban J connectivity index is 1.21. The summed E-state index contributed by atoms with van der Waals surface area (Å²) in [5, 5.41) is 0. The van der Waals surface area contributed by atoms with Gasteiger partial charge in [-0.05, 0) is 56.1 Å². The number of amides is 2. The Hall–Kier alpha value is -2.08. The molecule has 3 fully saturated rings. The number of fused-ring (bicyclic) bond motifs is 3. The van der Waals surface area contributed by atoms with E-state index < -0.39 is 0 Å². The molecular weight excluding hydrogens is 366 g/mol. The van der Waals surface area contributed by atoms with Gasteiger partial charge in [0, 0.05) is 37.4 Å². The number of methoxy groups -OCH3 is 1. The molecule has 5 rings (SSSR count). The summed E-state index contributed by atoms with van der Waals surface area (Å²) in [6.07, 6.45) is 7.03. The third kappa shape index (κ3) is 3.41. The fourth-order valence-electron chi connectivity index (χ4n) is 6.28. The lowest BCUT2D eigenvalue weighted by molar-refractivity contribution is -0.117. The highest BCUT2D eigenvalue weighted by molar-refractivity contribution is 6.01. The Labute approximate surface area is 172 Å². The SMILES string of the molecule is COC(=O)N1C2CCCC1CC(CN1CC[C@H](N3C(=O)Cc4ccccc43)C1)C2. The lowest BCUT2D eigenvalue weighted by Crippen LogP contribution is -2.55. The average molecular weight is 398 g/mol. The molecule has 3 atom stereocenters. The van der Waals surface area contributed by atoms with Crippen molar-refractivity contribution < 1.29 is 14.3 Å². The molecule has 0 spiro atoms. The molecule has 4 aliphatic heterocycles. The summed E-state index contributed by atoms with van der Waals surface area (Å²) in [6, 6.07) is 9.19. The second-order valence-corrected chi connectivity index (χ2v) is 9.22. The Morgan fingerprint density at radius 2 is 1.86 bits per heavy atom. The molecule has 2 unspecified atom stereocenters. The van der Waals surface area contributed by atoms with Crippen molar-refractivity contribution in [1.29, 1.82) is 0 Å². The van der Waals surface area contributed by atoms with Crippen molar-refractivity contribution in [3.63, 3.8) is 0 Å². The summed E-state index contributed by atoms with van der Waals surface area (Å²) in [6.45, 7) is 3.11. The van der Waals surface area contributed by atoms with E-state index in [0.717, 1.165) is 57.4 Å². The van der Waals surface area contributed by atoms with Crippen molar-refractivity contribution in [2.24, 2.45) is 5.92 Å². The molecule has 6 nitrogen and oxygen atoms in total. The van der Waals surface area contributed by atoms with E-state index in [1.54, 1.807) is 0 Å². The van der Waals surface area contributed by atoms with Crippen LogP contribution in [-0.2, 0) is 16.0 Å². The highest BCUT2D eigenvalue weighted by Gasteiger charge is 2.43. The summed E-state index contributed by atoms with van der Waals surface area (Å²) in [7, 11) is 1.49. The van der Waals surface area contributed by atoms with Crippen LogP contribution in [-0.4, -0.2) is 66.7 Å². The monoisotopic (exact) mass is 397 g/mol. The predicted molar refractivity (Wildman–Crippen MR) is 111 cm³/mol. The summed E-state index contributed by atoms with van der Waals surface area (Å²) < 4.78 is 5.04. The van der Waals surface area contributed by atoms with E-state index in [9.17, 15) is 9.59 Å². The van der Waals surface area contributed by atoms with Crippen LogP contribution in [0.25, 0.3) is 0 Å². The zero-order chi connectivity index (χ0) is 20.0. The normalized spacial score (nSPS) is 31.8. The maximum Gasteiger partial charge on any atom is 0.409 e. The highest BCUT2D eigenvalue weighted by Crippen LogP contribution is 2.39. The number of rotatable bonds is 3. The van der Waals surface area contributed by atoms with Crippen molar-refractivity contribution in [3.8, 4) is 0 Å². The number of hydrogen-bond donors (Lipinski definition) is 0. The molecule has 0 radical (unpaired) electrons. The molecule has 4 heterocycles. The molecule has 1 aromatic rings. The lowest BCUT2D eigenvalue weighted by atomic mass is 9.78. The molecule has 3 saturated heterocycles. The third-order valence-electron chi connectivity index (χ3n) is 7.45. The second-order valence-electron chi connectivity index (χ2n) is 9.22. The Morgan fingerprint density at radius 3 is 2.62 bits per heavy atom. The van der Waals surface area contributed by atoms with E-state index in [-0.39, 0.29) is 12.0 Å². The minimum atomic E-state index is -0.148. The summed E-state index contributed by atoms with van der Waals surface area (Å²) in [5.74, 6) is 0.880. The highest BCUT2D eigenvalue weighted by atomic mass is 16.5. The summed E-state index contributed by atoms with van der Waals surface area (Å²) >= 11 is 0. The zero-order valence-corrected chi connectivity index (χ0v) is 17.3. The number of benzene rings is 1. The first-order valence-electron chi connectivity index (χ1n) is 11.1. The van der Waals surface area contributed by atoms with Crippen LogP contribution in [0.5, 0.6) is 0 Å². The first-order chi connectivity index (χ1) is 14.1. The van der Waals surface area contributed by atoms with Gasteiger partial charge in [-0.2, -0.15) is 0 Å². The average Bonchev–Trinajstić information content (AvgIpc) is 3.29. The van der Waals surface area contributed by atoms with Crippen molar-refractivity contribution in [1.82, 2.24) is 9.80 Å². The molecule has 0 N–H and O–H groups in total. The number of nitrogens with zero attached hydrogens (tertiary/aromatic N) is 3. The number of carbonyl (C=O) groups excluding carboxylic acids is 2. The maximum absolute atomic E-state index is 12.6. The van der Waals surface area contributed by atoms with E-state index in [0.29, 0.717) is 30.5 Å². The van der Waals surface area contributed by atoms with Gasteiger partial charge >= 0.3 is 6.09 Å². The number of para-hydroxylation sites is 1. The molecule has 0 aromatic heterocycles. The zero-order valence-electron chi connectivity index (χ0n) is 17.3. The van der Waals surface area contributed by atoms with Crippen LogP contribution in [0.2, 0.25) is 0 Å². The van der Waals surface area contributed by atoms with Crippen LogP contribution in [0.1, 0.15) is 44.1 Å². The standard InChI is InChI=1S/C23H31N3O3/c1-29-23(28)25-18-6-4-7-19(25)12-16(11-18)14-24-10-9-20(15-24)26-21-8-3-2-5-17(21)13-22(26)27/h2-3,5,8,16,18-20H,4,6-7,9-15H2,1H3/t16?,18?,19?,20-/m0/s1. The predicted octanol–water partition coefficient (Wildman–Crippen LogP) is 3.05. The Kier molecular flexibility index (Phi) is 4.98. The van der Waals surface area contributed by atoms with Gasteiger partial charge in [0.1, 0.15) is 0 Å². The van der Waals surface area contributed by atoms with Gasteiger partial charge < -0.3 is 19.4 Å². The van der Waals surface area contributed by atoms with Crippen LogP contribution in [0.4, 0.5) is 10.5 Å². The van der Waals surface area contributed by atoms with Gasteiger partial charge in [0.15, 0.2) is 0 Å². The van der Waals surface area contributed by atoms with E-state index >= 15 is 0 Å². The molecule has 2 bridgehead atoms. The fourth-order valence-corrected chi connectivity index (χ4v) is 6.28. The van der Waals surface area contributed by atoms with Gasteiger partial charge in [-0.25, -0.2) is 4.79 Å². The minimum absolute atomic E-state index is 0.148. The maximum atomic E-state index is 12.6. The number of anilines is 1. The number of likely N-dealkylation sites (tertiary alicyclic amines) is 1. The van der Waals surface area contributed by atoms with Crippen LogP contribution < -0.4 is 4.90 Å². The smallest absolute Gasteiger partial charge is 0.409 e. The van der Waals surface area contributed by atoms with Crippen molar-refractivity contribution in [2.45, 2.75) is 63.1 Å². The van der Waals surface area contributed by atoms with Gasteiger partial charge in [0.25, 0.3) is 0 Å².